The fourth-order valence-electron chi connectivity index (χ4n) is 1.87. The SMILES string of the molecule is COc1ccc2[nH]c(=S)n(Cc3nncn3C)c2n1. The molecule has 0 saturated carbocycles. The Morgan fingerprint density at radius 2 is 2.26 bits per heavy atom. The molecule has 0 aliphatic heterocycles. The number of imidazole rings is 1. The number of methoxy groups -OCH3 is 1. The van der Waals surface area contributed by atoms with E-state index in [1.165, 1.54) is 0 Å². The quantitative estimate of drug-likeness (QED) is 0.729. The number of aromatic nitrogens is 6. The number of hydrogen-bond acceptors (Lipinski definition) is 5. The molecule has 0 spiro atoms. The van der Waals surface area contributed by atoms with Gasteiger partial charge in [-0.3, -0.25) is 4.57 Å². The first-order chi connectivity index (χ1) is 9.19. The molecular weight excluding hydrogens is 264 g/mol. The number of aromatic amines is 1. The molecule has 3 aromatic rings. The number of nitrogens with one attached hydrogen (secondary N) is 1. The Morgan fingerprint density at radius 3 is 2.95 bits per heavy atom. The van der Waals surface area contributed by atoms with Crippen LogP contribution in [0.15, 0.2) is 18.5 Å². The lowest BCUT2D eigenvalue weighted by Gasteiger charge is -2.04. The Morgan fingerprint density at radius 1 is 1.42 bits per heavy atom. The first-order valence-corrected chi connectivity index (χ1v) is 6.06. The van der Waals surface area contributed by atoms with E-state index < -0.39 is 0 Å². The summed E-state index contributed by atoms with van der Waals surface area (Å²) in [6.07, 6.45) is 1.65. The van der Waals surface area contributed by atoms with Crippen molar-refractivity contribution in [1.82, 2.24) is 29.3 Å². The Kier molecular flexibility index (Phi) is 2.79. The lowest BCUT2D eigenvalue weighted by atomic mass is 10.4. The smallest absolute Gasteiger partial charge is 0.215 e. The van der Waals surface area contributed by atoms with Crippen LogP contribution in [-0.4, -0.2) is 36.4 Å². The predicted octanol–water partition coefficient (Wildman–Crippen LogP) is 1.28. The zero-order chi connectivity index (χ0) is 13.4. The molecule has 0 aromatic carbocycles. The number of fused-ring (bicyclic) bond motifs is 1. The number of ether oxygens (including phenoxy) is 1. The molecule has 19 heavy (non-hydrogen) atoms. The van der Waals surface area contributed by atoms with Gasteiger partial charge < -0.3 is 14.3 Å². The molecule has 98 valence electrons. The predicted molar refractivity (Wildman–Crippen MR) is 71.6 cm³/mol. The van der Waals surface area contributed by atoms with Gasteiger partial charge in [-0.05, 0) is 18.3 Å². The fourth-order valence-corrected chi connectivity index (χ4v) is 2.13. The van der Waals surface area contributed by atoms with E-state index >= 15 is 0 Å². The number of hydrogen-bond donors (Lipinski definition) is 1. The van der Waals surface area contributed by atoms with Crippen molar-refractivity contribution < 1.29 is 4.74 Å². The van der Waals surface area contributed by atoms with E-state index in [1.54, 1.807) is 19.5 Å². The lowest BCUT2D eigenvalue weighted by molar-refractivity contribution is 0.399. The van der Waals surface area contributed by atoms with Crippen LogP contribution < -0.4 is 4.74 Å². The third kappa shape index (κ3) is 1.99. The maximum Gasteiger partial charge on any atom is 0.215 e. The number of pyridine rings is 1. The minimum absolute atomic E-state index is 0.509. The molecule has 3 heterocycles. The van der Waals surface area contributed by atoms with Crippen LogP contribution in [0.2, 0.25) is 0 Å². The van der Waals surface area contributed by atoms with E-state index in [0.717, 1.165) is 17.0 Å². The van der Waals surface area contributed by atoms with Gasteiger partial charge in [0, 0.05) is 13.1 Å². The molecule has 7 nitrogen and oxygen atoms in total. The number of nitrogens with zero attached hydrogens (tertiary/aromatic N) is 5. The van der Waals surface area contributed by atoms with Crippen LogP contribution in [0.25, 0.3) is 11.2 Å². The summed E-state index contributed by atoms with van der Waals surface area (Å²) in [5.41, 5.74) is 1.61. The summed E-state index contributed by atoms with van der Waals surface area (Å²) in [6, 6.07) is 3.68. The molecule has 0 unspecified atom stereocenters. The van der Waals surface area contributed by atoms with E-state index in [2.05, 4.69) is 20.2 Å². The van der Waals surface area contributed by atoms with Crippen molar-refractivity contribution in [3.05, 3.63) is 29.1 Å². The highest BCUT2D eigenvalue weighted by molar-refractivity contribution is 7.71. The second-order valence-electron chi connectivity index (χ2n) is 4.10. The summed E-state index contributed by atoms with van der Waals surface area (Å²) < 4.78 is 9.46. The largest absolute Gasteiger partial charge is 0.481 e. The zero-order valence-corrected chi connectivity index (χ0v) is 11.3. The molecule has 0 atom stereocenters. The van der Waals surface area contributed by atoms with Crippen molar-refractivity contribution in [2.75, 3.05) is 7.11 Å². The lowest BCUT2D eigenvalue weighted by Crippen LogP contribution is -2.06. The van der Waals surface area contributed by atoms with E-state index in [0.29, 0.717) is 17.2 Å². The van der Waals surface area contributed by atoms with Gasteiger partial charge in [0.1, 0.15) is 6.33 Å². The normalized spacial score (nSPS) is 11.1. The van der Waals surface area contributed by atoms with Gasteiger partial charge in [0.2, 0.25) is 5.88 Å². The van der Waals surface area contributed by atoms with Crippen molar-refractivity contribution in [1.29, 1.82) is 0 Å². The second-order valence-corrected chi connectivity index (χ2v) is 4.49. The molecular formula is C11H12N6OS. The van der Waals surface area contributed by atoms with Crippen LogP contribution in [0, 0.1) is 4.77 Å². The average Bonchev–Trinajstić information content (AvgIpc) is 2.94. The third-order valence-electron chi connectivity index (χ3n) is 2.91. The molecule has 0 amide bonds. The van der Waals surface area contributed by atoms with Crippen LogP contribution in [0.3, 0.4) is 0 Å². The summed E-state index contributed by atoms with van der Waals surface area (Å²) >= 11 is 5.32. The number of rotatable bonds is 3. The maximum absolute atomic E-state index is 5.32. The molecule has 8 heteroatoms. The second kappa shape index (κ2) is 4.47. The first kappa shape index (κ1) is 11.8. The van der Waals surface area contributed by atoms with Crippen molar-refractivity contribution in [2.24, 2.45) is 7.05 Å². The monoisotopic (exact) mass is 276 g/mol. The Bertz CT molecular complexity index is 786. The molecule has 0 saturated heterocycles. The molecule has 3 aromatic heterocycles. The summed E-state index contributed by atoms with van der Waals surface area (Å²) in [5.74, 6) is 1.36. The van der Waals surface area contributed by atoms with Gasteiger partial charge in [-0.2, -0.15) is 4.98 Å². The minimum Gasteiger partial charge on any atom is -0.481 e. The van der Waals surface area contributed by atoms with E-state index in [9.17, 15) is 0 Å². The van der Waals surface area contributed by atoms with Gasteiger partial charge in [0.05, 0.1) is 19.2 Å². The van der Waals surface area contributed by atoms with Gasteiger partial charge in [0.25, 0.3) is 0 Å². The summed E-state index contributed by atoms with van der Waals surface area (Å²) in [5, 5.41) is 7.91. The summed E-state index contributed by atoms with van der Waals surface area (Å²) in [6.45, 7) is 0.509. The molecule has 0 aliphatic carbocycles. The summed E-state index contributed by atoms with van der Waals surface area (Å²) in [4.78, 5) is 7.52. The van der Waals surface area contributed by atoms with Crippen LogP contribution in [0.5, 0.6) is 5.88 Å². The highest BCUT2D eigenvalue weighted by Gasteiger charge is 2.10. The van der Waals surface area contributed by atoms with Gasteiger partial charge in [-0.1, -0.05) is 0 Å². The molecule has 3 rings (SSSR count). The zero-order valence-electron chi connectivity index (χ0n) is 10.5. The Balaban J connectivity index is 2.14. The molecule has 0 fully saturated rings. The summed E-state index contributed by atoms with van der Waals surface area (Å²) in [7, 11) is 3.48. The van der Waals surface area contributed by atoms with Crippen LogP contribution in [0.4, 0.5) is 0 Å². The average molecular weight is 276 g/mol. The standard InChI is InChI=1S/C11H12N6OS/c1-16-6-12-15-8(16)5-17-10-7(13-11(17)19)3-4-9(14-10)18-2/h3-4,6H,5H2,1-2H3,(H,13,19). The van der Waals surface area contributed by atoms with Gasteiger partial charge in [-0.25, -0.2) is 0 Å². The first-order valence-electron chi connectivity index (χ1n) is 5.65. The van der Waals surface area contributed by atoms with Crippen molar-refractivity contribution in [3.63, 3.8) is 0 Å². The maximum atomic E-state index is 5.32. The number of H-pyrrole nitrogens is 1. The van der Waals surface area contributed by atoms with Gasteiger partial charge in [-0.15, -0.1) is 10.2 Å². The van der Waals surface area contributed by atoms with Crippen molar-refractivity contribution in [3.8, 4) is 5.88 Å². The third-order valence-corrected chi connectivity index (χ3v) is 3.23. The Labute approximate surface area is 113 Å². The number of aryl methyl sites for hydroxylation is 1. The van der Waals surface area contributed by atoms with Crippen molar-refractivity contribution >= 4 is 23.4 Å². The minimum atomic E-state index is 0.509. The van der Waals surface area contributed by atoms with E-state index in [-0.39, 0.29) is 0 Å². The van der Waals surface area contributed by atoms with Crippen molar-refractivity contribution in [2.45, 2.75) is 6.54 Å². The highest BCUT2D eigenvalue weighted by Crippen LogP contribution is 2.17. The molecule has 1 N–H and O–H groups in total. The fraction of sp³-hybridized carbons (Fsp3) is 0.273. The van der Waals surface area contributed by atoms with Crippen LogP contribution in [-0.2, 0) is 13.6 Å². The molecule has 0 radical (unpaired) electrons. The molecule has 0 bridgehead atoms. The van der Waals surface area contributed by atoms with Crippen LogP contribution in [0.1, 0.15) is 5.82 Å². The molecule has 0 aliphatic rings. The van der Waals surface area contributed by atoms with E-state index in [1.807, 2.05) is 22.2 Å². The Hall–Kier alpha value is -2.22. The van der Waals surface area contributed by atoms with E-state index in [4.69, 9.17) is 17.0 Å². The van der Waals surface area contributed by atoms with Crippen LogP contribution >= 0.6 is 12.2 Å². The highest BCUT2D eigenvalue weighted by atomic mass is 32.1. The van der Waals surface area contributed by atoms with Gasteiger partial charge >= 0.3 is 0 Å². The topological polar surface area (TPSA) is 73.6 Å². The van der Waals surface area contributed by atoms with Gasteiger partial charge in [0.15, 0.2) is 16.2 Å².